The van der Waals surface area contributed by atoms with Gasteiger partial charge in [-0.15, -0.1) is 0 Å². The Bertz CT molecular complexity index is 402. The van der Waals surface area contributed by atoms with Crippen molar-refractivity contribution in [1.82, 2.24) is 0 Å². The van der Waals surface area contributed by atoms with Gasteiger partial charge >= 0.3 is 0 Å². The fourth-order valence-corrected chi connectivity index (χ4v) is 1.57. The minimum Gasteiger partial charge on any atom is -0.483 e. The second-order valence-corrected chi connectivity index (χ2v) is 4.46. The van der Waals surface area contributed by atoms with Gasteiger partial charge < -0.3 is 10.5 Å². The molecule has 0 aliphatic carbocycles. The van der Waals surface area contributed by atoms with E-state index in [9.17, 15) is 4.79 Å². The molecule has 0 unspecified atom stereocenters. The zero-order valence-corrected chi connectivity index (χ0v) is 10.5. The molecule has 0 radical (unpaired) electrons. The number of carbonyl (C=O) groups is 1. The van der Waals surface area contributed by atoms with Crippen LogP contribution in [0.15, 0.2) is 12.1 Å². The minimum atomic E-state index is -0.484. The number of rotatable bonds is 4. The van der Waals surface area contributed by atoms with Crippen LogP contribution in [0.3, 0.4) is 0 Å². The lowest BCUT2D eigenvalue weighted by Crippen LogP contribution is -2.20. The van der Waals surface area contributed by atoms with E-state index in [1.807, 2.05) is 32.9 Å². The lowest BCUT2D eigenvalue weighted by molar-refractivity contribution is -0.119. The standard InChI is InChI=1S/C12H16ClNO2/c1-7(2)9-5-10(13)8(3)4-11(9)16-6-12(14)15/h4-5,7H,6H2,1-3H3,(H2,14,15). The smallest absolute Gasteiger partial charge is 0.255 e. The summed E-state index contributed by atoms with van der Waals surface area (Å²) in [6.07, 6.45) is 0. The van der Waals surface area contributed by atoms with Gasteiger partial charge in [-0.2, -0.15) is 0 Å². The van der Waals surface area contributed by atoms with E-state index in [0.717, 1.165) is 11.1 Å². The molecule has 0 saturated carbocycles. The number of aryl methyl sites for hydroxylation is 1. The van der Waals surface area contributed by atoms with Crippen LogP contribution < -0.4 is 10.5 Å². The number of nitrogens with two attached hydrogens (primary N) is 1. The highest BCUT2D eigenvalue weighted by atomic mass is 35.5. The van der Waals surface area contributed by atoms with E-state index in [2.05, 4.69) is 0 Å². The highest BCUT2D eigenvalue weighted by Gasteiger charge is 2.11. The molecule has 88 valence electrons. The first-order valence-corrected chi connectivity index (χ1v) is 5.50. The lowest BCUT2D eigenvalue weighted by atomic mass is 10.0. The van der Waals surface area contributed by atoms with E-state index in [1.165, 1.54) is 0 Å². The summed E-state index contributed by atoms with van der Waals surface area (Å²) in [4.78, 5) is 10.7. The molecule has 2 N–H and O–H groups in total. The summed E-state index contributed by atoms with van der Waals surface area (Å²) in [5, 5.41) is 0.704. The zero-order valence-electron chi connectivity index (χ0n) is 9.71. The van der Waals surface area contributed by atoms with E-state index in [-0.39, 0.29) is 12.5 Å². The van der Waals surface area contributed by atoms with Gasteiger partial charge in [0.25, 0.3) is 5.91 Å². The Kier molecular flexibility index (Phi) is 4.19. The molecule has 0 aliphatic rings. The minimum absolute atomic E-state index is 0.110. The summed E-state index contributed by atoms with van der Waals surface area (Å²) in [5.74, 6) is 0.471. The fourth-order valence-electron chi connectivity index (χ4n) is 1.40. The number of ether oxygens (including phenoxy) is 1. The van der Waals surface area contributed by atoms with Crippen molar-refractivity contribution in [1.29, 1.82) is 0 Å². The Morgan fingerprint density at radius 2 is 2.12 bits per heavy atom. The van der Waals surface area contributed by atoms with Crippen LogP contribution in [0.2, 0.25) is 5.02 Å². The maximum atomic E-state index is 10.7. The predicted molar refractivity (Wildman–Crippen MR) is 65.0 cm³/mol. The summed E-state index contributed by atoms with van der Waals surface area (Å²) in [6.45, 7) is 5.86. The van der Waals surface area contributed by atoms with Gasteiger partial charge in [0.15, 0.2) is 6.61 Å². The molecule has 1 aromatic rings. The number of carbonyl (C=O) groups excluding carboxylic acids is 1. The highest BCUT2D eigenvalue weighted by Crippen LogP contribution is 2.31. The summed E-state index contributed by atoms with van der Waals surface area (Å²) >= 11 is 6.05. The maximum Gasteiger partial charge on any atom is 0.255 e. The number of benzene rings is 1. The Labute approximate surface area is 101 Å². The molecule has 0 atom stereocenters. The Balaban J connectivity index is 3.04. The molecule has 0 heterocycles. The van der Waals surface area contributed by atoms with Crippen molar-refractivity contribution in [3.05, 3.63) is 28.3 Å². The van der Waals surface area contributed by atoms with Gasteiger partial charge in [-0.3, -0.25) is 4.79 Å². The van der Waals surface area contributed by atoms with Crippen LogP contribution in [0.1, 0.15) is 30.9 Å². The van der Waals surface area contributed by atoms with Crippen LogP contribution in [-0.2, 0) is 4.79 Å². The van der Waals surface area contributed by atoms with Crippen LogP contribution in [0.4, 0.5) is 0 Å². The van der Waals surface area contributed by atoms with Gasteiger partial charge in [0.05, 0.1) is 0 Å². The molecule has 0 bridgehead atoms. The first-order valence-electron chi connectivity index (χ1n) is 5.13. The Morgan fingerprint density at radius 3 is 2.62 bits per heavy atom. The van der Waals surface area contributed by atoms with Crippen LogP contribution in [0, 0.1) is 6.92 Å². The van der Waals surface area contributed by atoms with Crippen molar-refractivity contribution in [2.45, 2.75) is 26.7 Å². The summed E-state index contributed by atoms with van der Waals surface area (Å²) in [7, 11) is 0. The van der Waals surface area contributed by atoms with Crippen molar-refractivity contribution >= 4 is 17.5 Å². The van der Waals surface area contributed by atoms with E-state index in [0.29, 0.717) is 10.8 Å². The third kappa shape index (κ3) is 3.14. The average Bonchev–Trinajstić information content (AvgIpc) is 2.18. The van der Waals surface area contributed by atoms with Gasteiger partial charge in [-0.05, 0) is 36.1 Å². The van der Waals surface area contributed by atoms with E-state index < -0.39 is 5.91 Å². The summed E-state index contributed by atoms with van der Waals surface area (Å²) in [6, 6.07) is 3.71. The van der Waals surface area contributed by atoms with E-state index in [1.54, 1.807) is 0 Å². The quantitative estimate of drug-likeness (QED) is 0.881. The normalized spacial score (nSPS) is 10.6. The Hall–Kier alpha value is -1.22. The van der Waals surface area contributed by atoms with Gasteiger partial charge in [0, 0.05) is 5.02 Å². The molecule has 3 nitrogen and oxygen atoms in total. The molecule has 4 heteroatoms. The molecule has 16 heavy (non-hydrogen) atoms. The van der Waals surface area contributed by atoms with E-state index in [4.69, 9.17) is 22.1 Å². The largest absolute Gasteiger partial charge is 0.483 e. The number of amides is 1. The molecule has 0 aromatic heterocycles. The third-order valence-electron chi connectivity index (χ3n) is 2.28. The number of primary amides is 1. The zero-order chi connectivity index (χ0) is 12.3. The monoisotopic (exact) mass is 241 g/mol. The van der Waals surface area contributed by atoms with Crippen LogP contribution in [-0.4, -0.2) is 12.5 Å². The molecule has 0 spiro atoms. The van der Waals surface area contributed by atoms with E-state index >= 15 is 0 Å². The highest BCUT2D eigenvalue weighted by molar-refractivity contribution is 6.31. The molecule has 1 rings (SSSR count). The Morgan fingerprint density at radius 1 is 1.50 bits per heavy atom. The topological polar surface area (TPSA) is 52.3 Å². The molecule has 0 saturated heterocycles. The molecular weight excluding hydrogens is 226 g/mol. The summed E-state index contributed by atoms with van der Waals surface area (Å²) in [5.41, 5.74) is 6.95. The third-order valence-corrected chi connectivity index (χ3v) is 2.69. The molecular formula is C12H16ClNO2. The van der Waals surface area contributed by atoms with Gasteiger partial charge in [-0.25, -0.2) is 0 Å². The van der Waals surface area contributed by atoms with Crippen LogP contribution in [0.25, 0.3) is 0 Å². The summed E-state index contributed by atoms with van der Waals surface area (Å²) < 4.78 is 5.36. The van der Waals surface area contributed by atoms with Crippen molar-refractivity contribution < 1.29 is 9.53 Å². The second kappa shape index (κ2) is 5.21. The fraction of sp³-hybridized carbons (Fsp3) is 0.417. The van der Waals surface area contributed by atoms with Crippen molar-refractivity contribution in [2.24, 2.45) is 5.73 Å². The van der Waals surface area contributed by atoms with Gasteiger partial charge in [0.2, 0.25) is 0 Å². The first kappa shape index (κ1) is 12.8. The van der Waals surface area contributed by atoms with Gasteiger partial charge in [0.1, 0.15) is 5.75 Å². The second-order valence-electron chi connectivity index (χ2n) is 4.05. The molecule has 1 aromatic carbocycles. The molecule has 0 fully saturated rings. The van der Waals surface area contributed by atoms with Crippen LogP contribution in [0.5, 0.6) is 5.75 Å². The average molecular weight is 242 g/mol. The maximum absolute atomic E-state index is 10.7. The number of hydrogen-bond donors (Lipinski definition) is 1. The number of halogens is 1. The first-order chi connectivity index (χ1) is 7.41. The van der Waals surface area contributed by atoms with Crippen molar-refractivity contribution in [3.8, 4) is 5.75 Å². The lowest BCUT2D eigenvalue weighted by Gasteiger charge is -2.15. The van der Waals surface area contributed by atoms with Crippen molar-refractivity contribution in [3.63, 3.8) is 0 Å². The SMILES string of the molecule is Cc1cc(OCC(N)=O)c(C(C)C)cc1Cl. The van der Waals surface area contributed by atoms with Gasteiger partial charge in [-0.1, -0.05) is 25.4 Å². The molecule has 0 aliphatic heterocycles. The predicted octanol–water partition coefficient (Wildman–Crippen LogP) is 2.64. The van der Waals surface area contributed by atoms with Crippen LogP contribution >= 0.6 is 11.6 Å². The molecule has 1 amide bonds. The number of hydrogen-bond acceptors (Lipinski definition) is 2. The van der Waals surface area contributed by atoms with Crippen molar-refractivity contribution in [2.75, 3.05) is 6.61 Å².